The van der Waals surface area contributed by atoms with Crippen LogP contribution < -0.4 is 5.32 Å². The molecule has 0 radical (unpaired) electrons. The zero-order valence-corrected chi connectivity index (χ0v) is 14.2. The Kier molecular flexibility index (Phi) is 5.60. The fraction of sp³-hybridized carbons (Fsp3) is 0.438. The van der Waals surface area contributed by atoms with Crippen molar-refractivity contribution in [2.75, 3.05) is 11.1 Å². The number of nitrogens with one attached hydrogen (secondary N) is 2. The van der Waals surface area contributed by atoms with Crippen molar-refractivity contribution in [1.29, 1.82) is 0 Å². The SMILES string of the molecule is CC(C)c1nc(SCC(=O)Nc2ccccc2C(C)C)n[nH]1. The van der Waals surface area contributed by atoms with E-state index >= 15 is 0 Å². The number of para-hydroxylation sites is 1. The van der Waals surface area contributed by atoms with Crippen molar-refractivity contribution in [3.8, 4) is 0 Å². The third-order valence-corrected chi connectivity index (χ3v) is 4.07. The van der Waals surface area contributed by atoms with Gasteiger partial charge in [0.1, 0.15) is 5.82 Å². The van der Waals surface area contributed by atoms with Crippen LogP contribution in [0.3, 0.4) is 0 Å². The van der Waals surface area contributed by atoms with Crippen LogP contribution in [0.15, 0.2) is 29.4 Å². The van der Waals surface area contributed by atoms with Crippen molar-refractivity contribution in [3.63, 3.8) is 0 Å². The minimum atomic E-state index is -0.0472. The first-order valence-electron chi connectivity index (χ1n) is 7.41. The van der Waals surface area contributed by atoms with Crippen LogP contribution in [-0.2, 0) is 4.79 Å². The van der Waals surface area contributed by atoms with E-state index in [1.165, 1.54) is 11.8 Å². The van der Waals surface area contributed by atoms with Crippen molar-refractivity contribution in [2.45, 2.75) is 44.7 Å². The van der Waals surface area contributed by atoms with Crippen LogP contribution >= 0.6 is 11.8 Å². The first-order valence-corrected chi connectivity index (χ1v) is 8.39. The zero-order chi connectivity index (χ0) is 16.1. The smallest absolute Gasteiger partial charge is 0.234 e. The summed E-state index contributed by atoms with van der Waals surface area (Å²) >= 11 is 1.33. The number of anilines is 1. The lowest BCUT2D eigenvalue weighted by molar-refractivity contribution is -0.113. The predicted octanol–water partition coefficient (Wildman–Crippen LogP) is 3.78. The molecule has 0 aliphatic rings. The maximum atomic E-state index is 12.1. The molecule has 1 heterocycles. The number of thioether (sulfide) groups is 1. The average Bonchev–Trinajstić information content (AvgIpc) is 2.94. The average molecular weight is 318 g/mol. The highest BCUT2D eigenvalue weighted by molar-refractivity contribution is 7.99. The molecular formula is C16H22N4OS. The van der Waals surface area contributed by atoms with Crippen LogP contribution in [0, 0.1) is 0 Å². The van der Waals surface area contributed by atoms with Gasteiger partial charge in [0.2, 0.25) is 11.1 Å². The Morgan fingerprint density at radius 1 is 1.23 bits per heavy atom. The van der Waals surface area contributed by atoms with Gasteiger partial charge in [0.05, 0.1) is 5.75 Å². The minimum Gasteiger partial charge on any atom is -0.325 e. The number of H-pyrrole nitrogens is 1. The van der Waals surface area contributed by atoms with E-state index in [-0.39, 0.29) is 5.91 Å². The number of hydrogen-bond acceptors (Lipinski definition) is 4. The number of rotatable bonds is 6. The fourth-order valence-corrected chi connectivity index (χ4v) is 2.62. The largest absolute Gasteiger partial charge is 0.325 e. The lowest BCUT2D eigenvalue weighted by Gasteiger charge is -2.13. The number of amides is 1. The Hall–Kier alpha value is -1.82. The molecule has 1 amide bonds. The lowest BCUT2D eigenvalue weighted by Crippen LogP contribution is -2.15. The number of nitrogens with zero attached hydrogens (tertiary/aromatic N) is 2. The molecule has 0 saturated heterocycles. The molecule has 0 fully saturated rings. The molecule has 0 unspecified atom stereocenters. The standard InChI is InChI=1S/C16H22N4OS/c1-10(2)12-7-5-6-8-13(12)17-14(21)9-22-16-18-15(11(3)4)19-20-16/h5-8,10-11H,9H2,1-4H3,(H,17,21)(H,18,19,20). The molecule has 2 N–H and O–H groups in total. The highest BCUT2D eigenvalue weighted by Crippen LogP contribution is 2.24. The van der Waals surface area contributed by atoms with Gasteiger partial charge >= 0.3 is 0 Å². The molecular weight excluding hydrogens is 296 g/mol. The van der Waals surface area contributed by atoms with Gasteiger partial charge in [-0.3, -0.25) is 9.89 Å². The molecule has 6 heteroatoms. The van der Waals surface area contributed by atoms with E-state index in [2.05, 4.69) is 34.3 Å². The second kappa shape index (κ2) is 7.45. The predicted molar refractivity (Wildman–Crippen MR) is 90.4 cm³/mol. The summed E-state index contributed by atoms with van der Waals surface area (Å²) < 4.78 is 0. The Morgan fingerprint density at radius 2 is 1.95 bits per heavy atom. The molecule has 0 bridgehead atoms. The monoisotopic (exact) mass is 318 g/mol. The van der Waals surface area contributed by atoms with Gasteiger partial charge in [0.15, 0.2) is 0 Å². The molecule has 1 aromatic carbocycles. The summed E-state index contributed by atoms with van der Waals surface area (Å²) in [6.45, 7) is 8.32. The van der Waals surface area contributed by atoms with Gasteiger partial charge in [0.25, 0.3) is 0 Å². The van der Waals surface area contributed by atoms with Gasteiger partial charge in [-0.25, -0.2) is 4.98 Å². The van der Waals surface area contributed by atoms with Crippen LogP contribution in [-0.4, -0.2) is 26.8 Å². The molecule has 22 heavy (non-hydrogen) atoms. The number of carbonyl (C=O) groups excluding carboxylic acids is 1. The summed E-state index contributed by atoms with van der Waals surface area (Å²) in [5.41, 5.74) is 2.02. The van der Waals surface area contributed by atoms with Crippen molar-refractivity contribution >= 4 is 23.4 Å². The summed E-state index contributed by atoms with van der Waals surface area (Å²) in [5, 5.41) is 10.6. The number of hydrogen-bond donors (Lipinski definition) is 2. The number of carbonyl (C=O) groups is 1. The zero-order valence-electron chi connectivity index (χ0n) is 13.4. The molecule has 0 spiro atoms. The molecule has 5 nitrogen and oxygen atoms in total. The number of benzene rings is 1. The third-order valence-electron chi connectivity index (χ3n) is 3.22. The van der Waals surface area contributed by atoms with E-state index in [4.69, 9.17) is 0 Å². The van der Waals surface area contributed by atoms with E-state index in [1.807, 2.05) is 38.1 Å². The van der Waals surface area contributed by atoms with E-state index in [9.17, 15) is 4.79 Å². The van der Waals surface area contributed by atoms with E-state index < -0.39 is 0 Å². The summed E-state index contributed by atoms with van der Waals surface area (Å²) in [7, 11) is 0. The van der Waals surface area contributed by atoms with Gasteiger partial charge in [-0.2, -0.15) is 0 Å². The second-order valence-corrected chi connectivity index (χ2v) is 6.68. The van der Waals surface area contributed by atoms with Crippen LogP contribution in [0.2, 0.25) is 0 Å². The van der Waals surface area contributed by atoms with E-state index in [1.54, 1.807) is 0 Å². The molecule has 0 aliphatic carbocycles. The Bertz CT molecular complexity index is 637. The molecule has 0 atom stereocenters. The van der Waals surface area contributed by atoms with Crippen molar-refractivity contribution in [1.82, 2.24) is 15.2 Å². The molecule has 2 aromatic rings. The van der Waals surface area contributed by atoms with Crippen molar-refractivity contribution < 1.29 is 4.79 Å². The van der Waals surface area contributed by atoms with Gasteiger partial charge in [-0.05, 0) is 17.5 Å². The molecule has 1 aromatic heterocycles. The second-order valence-electron chi connectivity index (χ2n) is 5.74. The minimum absolute atomic E-state index is 0.0472. The molecule has 2 rings (SSSR count). The molecule has 0 aliphatic heterocycles. The van der Waals surface area contributed by atoms with Crippen LogP contribution in [0.5, 0.6) is 0 Å². The first-order chi connectivity index (χ1) is 10.5. The van der Waals surface area contributed by atoms with Gasteiger partial charge in [0, 0.05) is 11.6 Å². The summed E-state index contributed by atoms with van der Waals surface area (Å²) in [6.07, 6.45) is 0. The van der Waals surface area contributed by atoms with Gasteiger partial charge in [-0.1, -0.05) is 57.7 Å². The summed E-state index contributed by atoms with van der Waals surface area (Å²) in [4.78, 5) is 16.5. The van der Waals surface area contributed by atoms with Gasteiger partial charge < -0.3 is 5.32 Å². The van der Waals surface area contributed by atoms with Crippen LogP contribution in [0.1, 0.15) is 50.9 Å². The lowest BCUT2D eigenvalue weighted by atomic mass is 10.0. The quantitative estimate of drug-likeness (QED) is 0.795. The van der Waals surface area contributed by atoms with Crippen molar-refractivity contribution in [2.24, 2.45) is 0 Å². The van der Waals surface area contributed by atoms with Gasteiger partial charge in [-0.15, -0.1) is 5.10 Å². The third kappa shape index (κ3) is 4.34. The highest BCUT2D eigenvalue weighted by atomic mass is 32.2. The molecule has 118 valence electrons. The van der Waals surface area contributed by atoms with Crippen LogP contribution in [0.25, 0.3) is 0 Å². The summed E-state index contributed by atoms with van der Waals surface area (Å²) in [6, 6.07) is 7.89. The highest BCUT2D eigenvalue weighted by Gasteiger charge is 2.12. The Labute approximate surface area is 135 Å². The van der Waals surface area contributed by atoms with Crippen molar-refractivity contribution in [3.05, 3.63) is 35.7 Å². The Morgan fingerprint density at radius 3 is 2.59 bits per heavy atom. The number of aromatic amines is 1. The maximum absolute atomic E-state index is 12.1. The topological polar surface area (TPSA) is 70.7 Å². The molecule has 0 saturated carbocycles. The van der Waals surface area contributed by atoms with E-state index in [0.717, 1.165) is 17.1 Å². The Balaban J connectivity index is 1.93. The normalized spacial score (nSPS) is 11.2. The maximum Gasteiger partial charge on any atom is 0.234 e. The van der Waals surface area contributed by atoms with E-state index in [0.29, 0.717) is 22.7 Å². The first kappa shape index (κ1) is 16.5. The number of aromatic nitrogens is 3. The van der Waals surface area contributed by atoms with Crippen LogP contribution in [0.4, 0.5) is 5.69 Å². The summed E-state index contributed by atoms with van der Waals surface area (Å²) in [5.74, 6) is 1.75. The fourth-order valence-electron chi connectivity index (χ4n) is 2.01.